The Balaban J connectivity index is 1.48. The number of aryl methyl sites for hydroxylation is 2. The van der Waals surface area contributed by atoms with Crippen molar-refractivity contribution >= 4 is 17.5 Å². The van der Waals surface area contributed by atoms with Crippen LogP contribution in [0.5, 0.6) is 0 Å². The number of benzene rings is 2. The Morgan fingerprint density at radius 3 is 2.48 bits per heavy atom. The molecule has 2 amide bonds. The van der Waals surface area contributed by atoms with Crippen LogP contribution < -0.4 is 10.6 Å². The number of hydrogen-bond donors (Lipinski definition) is 2. The molecule has 0 saturated carbocycles. The molecule has 0 unspecified atom stereocenters. The molecule has 1 aromatic heterocycles. The first-order valence-electron chi connectivity index (χ1n) is 9.35. The molecular weight excluding hydrogens is 368 g/mol. The number of furan rings is 1. The summed E-state index contributed by atoms with van der Waals surface area (Å²) in [5, 5.41) is 5.44. The van der Waals surface area contributed by atoms with Gasteiger partial charge in [0.15, 0.2) is 0 Å². The molecule has 0 aliphatic rings. The van der Waals surface area contributed by atoms with Crippen LogP contribution in [0.15, 0.2) is 65.3 Å². The minimum Gasteiger partial charge on any atom is -0.467 e. The lowest BCUT2D eigenvalue weighted by atomic mass is 10.1. The Morgan fingerprint density at radius 2 is 1.76 bits per heavy atom. The van der Waals surface area contributed by atoms with Crippen LogP contribution in [-0.2, 0) is 22.7 Å². The highest BCUT2D eigenvalue weighted by Crippen LogP contribution is 2.13. The van der Waals surface area contributed by atoms with Crippen molar-refractivity contribution in [3.63, 3.8) is 0 Å². The number of ether oxygens (including phenoxy) is 1. The van der Waals surface area contributed by atoms with Crippen molar-refractivity contribution in [2.75, 3.05) is 11.9 Å². The maximum Gasteiger partial charge on any atom is 0.251 e. The van der Waals surface area contributed by atoms with E-state index in [1.807, 2.05) is 50.2 Å². The molecular formula is C23H24N2O4. The van der Waals surface area contributed by atoms with E-state index in [0.717, 1.165) is 22.5 Å². The fourth-order valence-electron chi connectivity index (χ4n) is 2.98. The third kappa shape index (κ3) is 6.33. The van der Waals surface area contributed by atoms with Gasteiger partial charge < -0.3 is 19.8 Å². The lowest BCUT2D eigenvalue weighted by Crippen LogP contribution is -2.32. The van der Waals surface area contributed by atoms with Crippen LogP contribution in [0.2, 0.25) is 0 Å². The molecule has 29 heavy (non-hydrogen) atoms. The van der Waals surface area contributed by atoms with E-state index >= 15 is 0 Å². The highest BCUT2D eigenvalue weighted by Gasteiger charge is 2.09. The van der Waals surface area contributed by atoms with E-state index in [1.165, 1.54) is 0 Å². The largest absolute Gasteiger partial charge is 0.467 e. The molecule has 0 atom stereocenters. The molecule has 0 radical (unpaired) electrons. The Kier molecular flexibility index (Phi) is 6.81. The van der Waals surface area contributed by atoms with E-state index in [0.29, 0.717) is 24.5 Å². The molecule has 2 aromatic carbocycles. The SMILES string of the molecule is Cc1cc(C)cc(C(=O)NCC(=O)Nc2cccc(COCc3ccco3)c2)c1. The molecule has 0 bridgehead atoms. The molecule has 3 rings (SSSR count). The molecule has 0 fully saturated rings. The fraction of sp³-hybridized carbons (Fsp3) is 0.217. The number of rotatable bonds is 8. The smallest absolute Gasteiger partial charge is 0.251 e. The minimum atomic E-state index is -0.295. The fourth-order valence-corrected chi connectivity index (χ4v) is 2.98. The number of anilines is 1. The van der Waals surface area contributed by atoms with E-state index in [-0.39, 0.29) is 18.4 Å². The van der Waals surface area contributed by atoms with Crippen LogP contribution in [0.25, 0.3) is 0 Å². The number of nitrogens with one attached hydrogen (secondary N) is 2. The number of hydrogen-bond acceptors (Lipinski definition) is 4. The first-order chi connectivity index (χ1) is 14.0. The molecule has 6 heteroatoms. The standard InChI is InChI=1S/C23H24N2O4/c1-16-9-17(2)11-19(10-16)23(27)24-13-22(26)25-20-6-3-5-18(12-20)14-28-15-21-7-4-8-29-21/h3-12H,13-15H2,1-2H3,(H,24,27)(H,25,26). The van der Waals surface area contributed by atoms with Crippen molar-refractivity contribution in [3.05, 3.63) is 88.9 Å². The second-order valence-corrected chi connectivity index (χ2v) is 6.88. The average molecular weight is 392 g/mol. The first kappa shape index (κ1) is 20.4. The van der Waals surface area contributed by atoms with E-state index in [2.05, 4.69) is 10.6 Å². The Labute approximate surface area is 169 Å². The number of carbonyl (C=O) groups is 2. The molecule has 6 nitrogen and oxygen atoms in total. The highest BCUT2D eigenvalue weighted by atomic mass is 16.5. The van der Waals surface area contributed by atoms with Gasteiger partial charge in [0.2, 0.25) is 5.91 Å². The van der Waals surface area contributed by atoms with Gasteiger partial charge in [-0.15, -0.1) is 0 Å². The topological polar surface area (TPSA) is 80.6 Å². The maximum absolute atomic E-state index is 12.3. The normalized spacial score (nSPS) is 10.6. The summed E-state index contributed by atoms with van der Waals surface area (Å²) in [7, 11) is 0. The van der Waals surface area contributed by atoms with Gasteiger partial charge in [0.05, 0.1) is 19.4 Å². The molecule has 1 heterocycles. The predicted molar refractivity (Wildman–Crippen MR) is 111 cm³/mol. The lowest BCUT2D eigenvalue weighted by Gasteiger charge is -2.09. The Morgan fingerprint density at radius 1 is 0.966 bits per heavy atom. The second kappa shape index (κ2) is 9.71. The molecule has 2 N–H and O–H groups in total. The monoisotopic (exact) mass is 392 g/mol. The molecule has 0 aliphatic carbocycles. The van der Waals surface area contributed by atoms with Gasteiger partial charge in [-0.1, -0.05) is 29.3 Å². The zero-order valence-corrected chi connectivity index (χ0v) is 16.5. The summed E-state index contributed by atoms with van der Waals surface area (Å²) < 4.78 is 10.8. The summed E-state index contributed by atoms with van der Waals surface area (Å²) in [6.07, 6.45) is 1.60. The van der Waals surface area contributed by atoms with Crippen molar-refractivity contribution in [2.24, 2.45) is 0 Å². The number of amides is 2. The van der Waals surface area contributed by atoms with Gasteiger partial charge in [0.1, 0.15) is 12.4 Å². The molecule has 0 aliphatic heterocycles. The lowest BCUT2D eigenvalue weighted by molar-refractivity contribution is -0.115. The van der Waals surface area contributed by atoms with E-state index in [9.17, 15) is 9.59 Å². The summed E-state index contributed by atoms with van der Waals surface area (Å²) >= 11 is 0. The van der Waals surface area contributed by atoms with Crippen molar-refractivity contribution < 1.29 is 18.7 Å². The van der Waals surface area contributed by atoms with Gasteiger partial charge in [0.25, 0.3) is 5.91 Å². The van der Waals surface area contributed by atoms with Crippen molar-refractivity contribution in [2.45, 2.75) is 27.1 Å². The second-order valence-electron chi connectivity index (χ2n) is 6.88. The molecule has 3 aromatic rings. The zero-order chi connectivity index (χ0) is 20.6. The Bertz CT molecular complexity index is 960. The third-order valence-electron chi connectivity index (χ3n) is 4.20. The molecule has 150 valence electrons. The highest BCUT2D eigenvalue weighted by molar-refractivity contribution is 5.99. The molecule has 0 saturated heterocycles. The van der Waals surface area contributed by atoms with Crippen molar-refractivity contribution in [1.29, 1.82) is 0 Å². The van der Waals surface area contributed by atoms with Crippen molar-refractivity contribution in [1.82, 2.24) is 5.32 Å². The predicted octanol–water partition coefficient (Wildman–Crippen LogP) is 3.98. The van der Waals surface area contributed by atoms with Crippen molar-refractivity contribution in [3.8, 4) is 0 Å². The van der Waals surface area contributed by atoms with Gasteiger partial charge in [-0.3, -0.25) is 9.59 Å². The average Bonchev–Trinajstić information content (AvgIpc) is 3.19. The minimum absolute atomic E-state index is 0.106. The summed E-state index contributed by atoms with van der Waals surface area (Å²) in [6.45, 7) is 4.54. The van der Waals surface area contributed by atoms with E-state index in [1.54, 1.807) is 24.5 Å². The Hall–Kier alpha value is -3.38. The quantitative estimate of drug-likeness (QED) is 0.608. The summed E-state index contributed by atoms with van der Waals surface area (Å²) in [5.41, 5.74) is 4.13. The van der Waals surface area contributed by atoms with Gasteiger partial charge in [0, 0.05) is 11.3 Å². The van der Waals surface area contributed by atoms with Crippen LogP contribution in [0.3, 0.4) is 0 Å². The van der Waals surface area contributed by atoms with Gasteiger partial charge >= 0.3 is 0 Å². The zero-order valence-electron chi connectivity index (χ0n) is 16.5. The van der Waals surface area contributed by atoms with Crippen LogP contribution in [0.1, 0.15) is 32.8 Å². The molecule has 0 spiro atoms. The number of carbonyl (C=O) groups excluding carboxylic acids is 2. The van der Waals surface area contributed by atoms with Crippen LogP contribution in [0.4, 0.5) is 5.69 Å². The van der Waals surface area contributed by atoms with Crippen LogP contribution >= 0.6 is 0 Å². The third-order valence-corrected chi connectivity index (χ3v) is 4.20. The van der Waals surface area contributed by atoms with E-state index in [4.69, 9.17) is 9.15 Å². The van der Waals surface area contributed by atoms with Gasteiger partial charge in [-0.25, -0.2) is 0 Å². The van der Waals surface area contributed by atoms with Gasteiger partial charge in [-0.05, 0) is 55.8 Å². The van der Waals surface area contributed by atoms with Gasteiger partial charge in [-0.2, -0.15) is 0 Å². The summed E-state index contributed by atoms with van der Waals surface area (Å²) in [6, 6.07) is 16.6. The van der Waals surface area contributed by atoms with Crippen LogP contribution in [0, 0.1) is 13.8 Å². The van der Waals surface area contributed by atoms with E-state index < -0.39 is 0 Å². The summed E-state index contributed by atoms with van der Waals surface area (Å²) in [4.78, 5) is 24.5. The van der Waals surface area contributed by atoms with Crippen LogP contribution in [-0.4, -0.2) is 18.4 Å². The summed E-state index contributed by atoms with van der Waals surface area (Å²) in [5.74, 6) is 0.192. The first-order valence-corrected chi connectivity index (χ1v) is 9.35. The maximum atomic E-state index is 12.3.